The first-order valence-corrected chi connectivity index (χ1v) is 12.5. The molecule has 2 aliphatic heterocycles. The highest BCUT2D eigenvalue weighted by atomic mass is 19.1. The fraction of sp³-hybridized carbons (Fsp3) is 0.538. The second kappa shape index (κ2) is 11.2. The largest absolute Gasteiger partial charge is 0.394 e. The number of hydrogen-bond donors (Lipinski definition) is 3. The maximum absolute atomic E-state index is 14.9. The van der Waals surface area contributed by atoms with Crippen molar-refractivity contribution in [2.45, 2.75) is 39.7 Å². The number of morpholine rings is 1. The van der Waals surface area contributed by atoms with E-state index in [2.05, 4.69) is 22.5 Å². The number of ether oxygens (including phenoxy) is 1. The maximum Gasteiger partial charge on any atom is 0.321 e. The number of pyridine rings is 1. The number of hydrogen-bond acceptors (Lipinski definition) is 6. The topological polar surface area (TPSA) is 90.0 Å². The summed E-state index contributed by atoms with van der Waals surface area (Å²) in [5.41, 5.74) is 2.59. The zero-order chi connectivity index (χ0) is 24.9. The van der Waals surface area contributed by atoms with Gasteiger partial charge >= 0.3 is 6.03 Å². The number of benzene rings is 1. The molecular formula is C26H36FN5O3. The van der Waals surface area contributed by atoms with E-state index >= 15 is 0 Å². The van der Waals surface area contributed by atoms with Crippen molar-refractivity contribution in [1.29, 1.82) is 0 Å². The van der Waals surface area contributed by atoms with E-state index in [0.717, 1.165) is 48.4 Å². The van der Waals surface area contributed by atoms with Gasteiger partial charge in [0, 0.05) is 32.2 Å². The zero-order valence-electron chi connectivity index (χ0n) is 20.8. The molecular weight excluding hydrogens is 449 g/mol. The van der Waals surface area contributed by atoms with Gasteiger partial charge in [-0.3, -0.25) is 0 Å². The monoisotopic (exact) mass is 485 g/mol. The predicted octanol–water partition coefficient (Wildman–Crippen LogP) is 4.09. The number of amides is 2. The summed E-state index contributed by atoms with van der Waals surface area (Å²) in [6.45, 7) is 9.93. The summed E-state index contributed by atoms with van der Waals surface area (Å²) in [6.07, 6.45) is 2.01. The number of rotatable bonds is 7. The fourth-order valence-corrected chi connectivity index (χ4v) is 4.62. The van der Waals surface area contributed by atoms with Crippen LogP contribution in [0, 0.1) is 18.7 Å². The Morgan fingerprint density at radius 1 is 1.26 bits per heavy atom. The number of likely N-dealkylation sites (tertiary alicyclic amines) is 1. The van der Waals surface area contributed by atoms with E-state index in [-0.39, 0.29) is 24.4 Å². The number of halogens is 1. The van der Waals surface area contributed by atoms with Gasteiger partial charge in [0.25, 0.3) is 0 Å². The fourth-order valence-electron chi connectivity index (χ4n) is 4.62. The number of aromatic nitrogens is 1. The van der Waals surface area contributed by atoms with Crippen LogP contribution in [0.3, 0.4) is 0 Å². The lowest BCUT2D eigenvalue weighted by Crippen LogP contribution is -2.37. The number of urea groups is 1. The summed E-state index contributed by atoms with van der Waals surface area (Å²) in [4.78, 5) is 21.5. The van der Waals surface area contributed by atoms with E-state index in [1.54, 1.807) is 11.0 Å². The smallest absolute Gasteiger partial charge is 0.321 e. The lowest BCUT2D eigenvalue weighted by Gasteiger charge is -2.29. The average molecular weight is 486 g/mol. The summed E-state index contributed by atoms with van der Waals surface area (Å²) < 4.78 is 20.4. The molecule has 2 aliphatic rings. The number of carbonyl (C=O) groups is 1. The second-order valence-corrected chi connectivity index (χ2v) is 9.51. The van der Waals surface area contributed by atoms with Crippen LogP contribution < -0.4 is 15.5 Å². The first-order chi connectivity index (χ1) is 16.9. The van der Waals surface area contributed by atoms with Crippen molar-refractivity contribution in [2.24, 2.45) is 5.92 Å². The molecule has 35 heavy (non-hydrogen) atoms. The van der Waals surface area contributed by atoms with Gasteiger partial charge in [0.05, 0.1) is 25.5 Å². The van der Waals surface area contributed by atoms with Gasteiger partial charge < -0.3 is 30.3 Å². The summed E-state index contributed by atoms with van der Waals surface area (Å²) >= 11 is 0. The Kier molecular flexibility index (Phi) is 8.07. The molecule has 2 saturated heterocycles. The minimum Gasteiger partial charge on any atom is -0.394 e. The Balaban J connectivity index is 1.66. The van der Waals surface area contributed by atoms with Gasteiger partial charge in [0.1, 0.15) is 17.5 Å². The first-order valence-electron chi connectivity index (χ1n) is 12.5. The van der Waals surface area contributed by atoms with Crippen molar-refractivity contribution < 1.29 is 19.0 Å². The summed E-state index contributed by atoms with van der Waals surface area (Å²) in [6, 6.07) is 6.60. The quantitative estimate of drug-likeness (QED) is 0.547. The predicted molar refractivity (Wildman–Crippen MR) is 137 cm³/mol. The molecule has 0 spiro atoms. The first kappa shape index (κ1) is 25.2. The Labute approximate surface area is 206 Å². The van der Waals surface area contributed by atoms with Crippen molar-refractivity contribution in [2.75, 3.05) is 61.5 Å². The number of aryl methyl sites for hydroxylation is 1. The van der Waals surface area contributed by atoms with Crippen LogP contribution in [0.4, 0.5) is 26.5 Å². The molecule has 1 aromatic carbocycles. The molecule has 2 atom stereocenters. The SMILES string of the molecule is CC[C@@H]1CCN(C(=O)Nc2cc(-c3cc(N[C@H](C)CO)nc(N4CCOCC4)c3)c(C)cc2F)C1. The summed E-state index contributed by atoms with van der Waals surface area (Å²) in [5.74, 6) is 1.46. The van der Waals surface area contributed by atoms with Gasteiger partial charge in [-0.1, -0.05) is 13.3 Å². The van der Waals surface area contributed by atoms with Crippen molar-refractivity contribution in [3.8, 4) is 11.1 Å². The molecule has 2 aromatic rings. The van der Waals surface area contributed by atoms with Gasteiger partial charge in [-0.2, -0.15) is 0 Å². The standard InChI is InChI=1S/C26H36FN5O3/c1-4-19-5-6-32(15-19)26(34)29-23-14-21(17(2)11-22(23)27)20-12-24(28-18(3)16-33)30-25(13-20)31-7-9-35-10-8-31/h11-14,18-19,33H,4-10,15-16H2,1-3H3,(H,28,30)(H,29,34)/t18-,19-/m1/s1. The molecule has 190 valence electrons. The third kappa shape index (κ3) is 6.02. The van der Waals surface area contributed by atoms with E-state index in [1.807, 2.05) is 26.0 Å². The zero-order valence-corrected chi connectivity index (χ0v) is 20.8. The number of carbonyl (C=O) groups excluding carboxylic acids is 1. The summed E-state index contributed by atoms with van der Waals surface area (Å²) in [5, 5.41) is 15.5. The van der Waals surface area contributed by atoms with Crippen LogP contribution in [0.15, 0.2) is 24.3 Å². The number of nitrogens with one attached hydrogen (secondary N) is 2. The molecule has 0 unspecified atom stereocenters. The molecule has 4 rings (SSSR count). The van der Waals surface area contributed by atoms with Crippen molar-refractivity contribution >= 4 is 23.4 Å². The lowest BCUT2D eigenvalue weighted by atomic mass is 9.99. The molecule has 3 N–H and O–H groups in total. The van der Waals surface area contributed by atoms with E-state index in [9.17, 15) is 14.3 Å². The Bertz CT molecular complexity index is 1040. The van der Waals surface area contributed by atoms with Crippen LogP contribution in [-0.2, 0) is 4.74 Å². The van der Waals surface area contributed by atoms with Crippen molar-refractivity contribution in [3.05, 3.63) is 35.6 Å². The minimum atomic E-state index is -0.458. The molecule has 1 aromatic heterocycles. The molecule has 0 saturated carbocycles. The normalized spacial score (nSPS) is 19.1. The van der Waals surface area contributed by atoms with Crippen LogP contribution in [0.1, 0.15) is 32.3 Å². The van der Waals surface area contributed by atoms with Crippen LogP contribution in [0.25, 0.3) is 11.1 Å². The number of anilines is 3. The Morgan fingerprint density at radius 3 is 2.71 bits per heavy atom. The Hall–Kier alpha value is -2.91. The van der Waals surface area contributed by atoms with Gasteiger partial charge in [-0.05, 0) is 67.1 Å². The van der Waals surface area contributed by atoms with Crippen LogP contribution >= 0.6 is 0 Å². The number of nitrogens with zero attached hydrogens (tertiary/aromatic N) is 3. The second-order valence-electron chi connectivity index (χ2n) is 9.51. The molecule has 0 radical (unpaired) electrons. The minimum absolute atomic E-state index is 0.0278. The highest BCUT2D eigenvalue weighted by Gasteiger charge is 2.26. The van der Waals surface area contributed by atoms with Gasteiger partial charge in [-0.25, -0.2) is 14.2 Å². The number of aliphatic hydroxyl groups excluding tert-OH is 1. The highest BCUT2D eigenvalue weighted by molar-refractivity contribution is 5.91. The van der Waals surface area contributed by atoms with Gasteiger partial charge in [-0.15, -0.1) is 0 Å². The number of aliphatic hydroxyl groups is 1. The molecule has 9 heteroatoms. The van der Waals surface area contributed by atoms with Crippen molar-refractivity contribution in [3.63, 3.8) is 0 Å². The van der Waals surface area contributed by atoms with Crippen LogP contribution in [0.5, 0.6) is 0 Å². The van der Waals surface area contributed by atoms with Crippen LogP contribution in [0.2, 0.25) is 0 Å². The summed E-state index contributed by atoms with van der Waals surface area (Å²) in [7, 11) is 0. The van der Waals surface area contributed by atoms with Crippen LogP contribution in [-0.4, -0.2) is 73.1 Å². The Morgan fingerprint density at radius 2 is 2.03 bits per heavy atom. The third-order valence-corrected chi connectivity index (χ3v) is 6.83. The molecule has 2 amide bonds. The highest BCUT2D eigenvalue weighted by Crippen LogP contribution is 2.33. The van der Waals surface area contributed by atoms with E-state index in [1.165, 1.54) is 6.07 Å². The van der Waals surface area contributed by atoms with E-state index in [4.69, 9.17) is 9.72 Å². The lowest BCUT2D eigenvalue weighted by molar-refractivity contribution is 0.122. The van der Waals surface area contributed by atoms with Gasteiger partial charge in [0.15, 0.2) is 0 Å². The molecule has 3 heterocycles. The van der Waals surface area contributed by atoms with Crippen molar-refractivity contribution in [1.82, 2.24) is 9.88 Å². The average Bonchev–Trinajstić information content (AvgIpc) is 3.35. The molecule has 0 bridgehead atoms. The van der Waals surface area contributed by atoms with E-state index in [0.29, 0.717) is 38.0 Å². The van der Waals surface area contributed by atoms with Gasteiger partial charge in [0.2, 0.25) is 0 Å². The maximum atomic E-state index is 14.9. The third-order valence-electron chi connectivity index (χ3n) is 6.83. The molecule has 0 aliphatic carbocycles. The van der Waals surface area contributed by atoms with E-state index < -0.39 is 5.82 Å². The molecule has 2 fully saturated rings. The molecule has 8 nitrogen and oxygen atoms in total.